The van der Waals surface area contributed by atoms with Crippen LogP contribution in [0.5, 0.6) is 0 Å². The minimum absolute atomic E-state index is 0.136. The summed E-state index contributed by atoms with van der Waals surface area (Å²) in [6, 6.07) is 2.26. The number of hydrogen-bond acceptors (Lipinski definition) is 4. The largest absolute Gasteiger partial charge is 0.339 e. The number of nitriles is 1. The van der Waals surface area contributed by atoms with Crippen LogP contribution in [-0.2, 0) is 4.79 Å². The molecule has 1 heterocycles. The maximum Gasteiger partial charge on any atom is 0.236 e. The average Bonchev–Trinajstić information content (AvgIpc) is 2.30. The summed E-state index contributed by atoms with van der Waals surface area (Å²) in [5.74, 6) is 0.161. The lowest BCUT2D eigenvalue weighted by Gasteiger charge is -2.30. The fourth-order valence-corrected chi connectivity index (χ4v) is 1.67. The average molecular weight is 224 g/mol. The van der Waals surface area contributed by atoms with Gasteiger partial charge in [0.2, 0.25) is 5.91 Å². The van der Waals surface area contributed by atoms with E-state index in [0.29, 0.717) is 13.0 Å². The molecular weight excluding hydrogens is 204 g/mol. The van der Waals surface area contributed by atoms with E-state index in [2.05, 4.69) is 11.4 Å². The van der Waals surface area contributed by atoms with E-state index in [1.165, 1.54) is 0 Å². The summed E-state index contributed by atoms with van der Waals surface area (Å²) in [4.78, 5) is 15.7. The molecule has 1 atom stereocenters. The Morgan fingerprint density at radius 3 is 2.75 bits per heavy atom. The number of rotatable bonds is 4. The molecule has 1 fully saturated rings. The lowest BCUT2D eigenvalue weighted by Crippen LogP contribution is -2.50. The van der Waals surface area contributed by atoms with Crippen LogP contribution in [0, 0.1) is 11.3 Å². The molecule has 1 saturated heterocycles. The van der Waals surface area contributed by atoms with E-state index in [-0.39, 0.29) is 11.9 Å². The molecule has 1 amide bonds. The van der Waals surface area contributed by atoms with Crippen molar-refractivity contribution in [1.29, 1.82) is 5.26 Å². The van der Waals surface area contributed by atoms with Crippen molar-refractivity contribution >= 4 is 5.91 Å². The molecule has 1 rings (SSSR count). The van der Waals surface area contributed by atoms with Gasteiger partial charge in [-0.05, 0) is 14.0 Å². The Morgan fingerprint density at radius 2 is 2.19 bits per heavy atom. The topological polar surface area (TPSA) is 59.4 Å². The Hall–Kier alpha value is -1.12. The molecule has 0 spiro atoms. The van der Waals surface area contributed by atoms with Crippen LogP contribution < -0.4 is 5.32 Å². The number of amides is 1. The third-order valence-corrected chi connectivity index (χ3v) is 2.99. The molecule has 0 saturated carbocycles. The number of likely N-dealkylation sites (N-methyl/N-ethyl adjacent to an activating group) is 1. The van der Waals surface area contributed by atoms with Gasteiger partial charge in [0.05, 0.1) is 19.0 Å². The van der Waals surface area contributed by atoms with Gasteiger partial charge in [0.1, 0.15) is 0 Å². The minimum atomic E-state index is 0.136. The van der Waals surface area contributed by atoms with Gasteiger partial charge in [-0.25, -0.2) is 0 Å². The van der Waals surface area contributed by atoms with Crippen molar-refractivity contribution in [3.63, 3.8) is 0 Å². The summed E-state index contributed by atoms with van der Waals surface area (Å²) in [5, 5.41) is 11.8. The Balaban J connectivity index is 2.35. The highest BCUT2D eigenvalue weighted by Gasteiger charge is 2.19. The van der Waals surface area contributed by atoms with Gasteiger partial charge in [0.15, 0.2) is 0 Å². The number of carbonyl (C=O) groups is 1. The van der Waals surface area contributed by atoms with Crippen LogP contribution in [0.3, 0.4) is 0 Å². The molecule has 1 aliphatic heterocycles. The fourth-order valence-electron chi connectivity index (χ4n) is 1.67. The first-order valence-corrected chi connectivity index (χ1v) is 5.71. The zero-order valence-electron chi connectivity index (χ0n) is 10.1. The molecule has 0 aliphatic carbocycles. The van der Waals surface area contributed by atoms with Gasteiger partial charge in [0.25, 0.3) is 0 Å². The van der Waals surface area contributed by atoms with Crippen LogP contribution >= 0.6 is 0 Å². The first kappa shape index (κ1) is 12.9. The maximum atomic E-state index is 11.9. The second-order valence-electron chi connectivity index (χ2n) is 4.26. The molecule has 0 aromatic rings. The highest BCUT2D eigenvalue weighted by Crippen LogP contribution is 2.02. The second kappa shape index (κ2) is 6.46. The summed E-state index contributed by atoms with van der Waals surface area (Å²) in [5.41, 5.74) is 0. The van der Waals surface area contributed by atoms with Gasteiger partial charge in [-0.2, -0.15) is 5.26 Å². The number of carbonyl (C=O) groups excluding carboxylic acids is 1. The maximum absolute atomic E-state index is 11.9. The lowest BCUT2D eigenvalue weighted by molar-refractivity contribution is -0.133. The summed E-state index contributed by atoms with van der Waals surface area (Å²) in [6.07, 6.45) is 0.464. The van der Waals surface area contributed by atoms with Crippen molar-refractivity contribution in [2.24, 2.45) is 0 Å². The van der Waals surface area contributed by atoms with E-state index < -0.39 is 0 Å². The summed E-state index contributed by atoms with van der Waals surface area (Å²) in [7, 11) is 1.89. The van der Waals surface area contributed by atoms with Crippen molar-refractivity contribution < 1.29 is 4.79 Å². The van der Waals surface area contributed by atoms with E-state index in [9.17, 15) is 4.79 Å². The predicted molar refractivity (Wildman–Crippen MR) is 61.8 cm³/mol. The highest BCUT2D eigenvalue weighted by atomic mass is 16.2. The van der Waals surface area contributed by atoms with Crippen LogP contribution in [0.2, 0.25) is 0 Å². The van der Waals surface area contributed by atoms with Crippen molar-refractivity contribution in [1.82, 2.24) is 15.1 Å². The van der Waals surface area contributed by atoms with E-state index in [4.69, 9.17) is 5.26 Å². The first-order chi connectivity index (χ1) is 7.65. The molecule has 1 unspecified atom stereocenters. The number of piperazine rings is 1. The Labute approximate surface area is 97.0 Å². The second-order valence-corrected chi connectivity index (χ2v) is 4.26. The molecular formula is C11H20N4O. The summed E-state index contributed by atoms with van der Waals surface area (Å²) in [6.45, 7) is 5.71. The Morgan fingerprint density at radius 1 is 1.56 bits per heavy atom. The van der Waals surface area contributed by atoms with Crippen LogP contribution in [0.15, 0.2) is 0 Å². The van der Waals surface area contributed by atoms with Crippen molar-refractivity contribution in [2.75, 3.05) is 39.8 Å². The fraction of sp³-hybridized carbons (Fsp3) is 0.818. The Kier molecular flexibility index (Phi) is 5.23. The minimum Gasteiger partial charge on any atom is -0.339 e. The molecule has 0 aromatic carbocycles. The zero-order valence-corrected chi connectivity index (χ0v) is 10.1. The first-order valence-electron chi connectivity index (χ1n) is 5.71. The molecule has 1 aliphatic rings. The van der Waals surface area contributed by atoms with Crippen molar-refractivity contribution in [3.05, 3.63) is 0 Å². The molecule has 0 radical (unpaired) electrons. The molecule has 5 heteroatoms. The lowest BCUT2D eigenvalue weighted by atomic mass is 10.2. The van der Waals surface area contributed by atoms with Gasteiger partial charge < -0.3 is 10.2 Å². The number of nitrogens with one attached hydrogen (secondary N) is 1. The standard InChI is InChI=1S/C11H20N4O/c1-10(3-4-12)14(2)9-11(16)15-7-5-13-6-8-15/h10,13H,3,5-9H2,1-2H3. The monoisotopic (exact) mass is 224 g/mol. The molecule has 5 nitrogen and oxygen atoms in total. The van der Waals surface area contributed by atoms with E-state index in [0.717, 1.165) is 26.2 Å². The van der Waals surface area contributed by atoms with E-state index >= 15 is 0 Å². The quantitative estimate of drug-likeness (QED) is 0.709. The van der Waals surface area contributed by atoms with Crippen LogP contribution in [0.1, 0.15) is 13.3 Å². The molecule has 90 valence electrons. The smallest absolute Gasteiger partial charge is 0.236 e. The van der Waals surface area contributed by atoms with Gasteiger partial charge in [-0.3, -0.25) is 9.69 Å². The molecule has 0 bridgehead atoms. The van der Waals surface area contributed by atoms with Crippen LogP contribution in [0.25, 0.3) is 0 Å². The number of nitrogens with zero attached hydrogens (tertiary/aromatic N) is 3. The van der Waals surface area contributed by atoms with E-state index in [1.54, 1.807) is 0 Å². The van der Waals surface area contributed by atoms with Gasteiger partial charge in [-0.1, -0.05) is 0 Å². The normalized spacial score (nSPS) is 18.2. The third-order valence-electron chi connectivity index (χ3n) is 2.99. The van der Waals surface area contributed by atoms with Gasteiger partial charge >= 0.3 is 0 Å². The predicted octanol–water partition coefficient (Wildman–Crippen LogP) is -0.348. The zero-order chi connectivity index (χ0) is 12.0. The Bertz CT molecular complexity index is 268. The molecule has 1 N–H and O–H groups in total. The highest BCUT2D eigenvalue weighted by molar-refractivity contribution is 5.78. The van der Waals surface area contributed by atoms with Gasteiger partial charge in [0, 0.05) is 32.2 Å². The molecule has 16 heavy (non-hydrogen) atoms. The third kappa shape index (κ3) is 3.80. The summed E-state index contributed by atoms with van der Waals surface area (Å²) >= 11 is 0. The van der Waals surface area contributed by atoms with Crippen LogP contribution in [-0.4, -0.2) is 61.5 Å². The SMILES string of the molecule is CC(CC#N)N(C)CC(=O)N1CCNCC1. The van der Waals surface area contributed by atoms with Crippen molar-refractivity contribution in [3.8, 4) is 6.07 Å². The van der Waals surface area contributed by atoms with Crippen molar-refractivity contribution in [2.45, 2.75) is 19.4 Å². The summed E-state index contributed by atoms with van der Waals surface area (Å²) < 4.78 is 0. The molecule has 0 aromatic heterocycles. The van der Waals surface area contributed by atoms with E-state index in [1.807, 2.05) is 23.8 Å². The van der Waals surface area contributed by atoms with Crippen LogP contribution in [0.4, 0.5) is 0 Å². The van der Waals surface area contributed by atoms with Gasteiger partial charge in [-0.15, -0.1) is 0 Å². The number of hydrogen-bond donors (Lipinski definition) is 1.